The van der Waals surface area contributed by atoms with Crippen molar-refractivity contribution in [3.8, 4) is 11.4 Å². The molecule has 0 aromatic carbocycles. The molecule has 26 heavy (non-hydrogen) atoms. The highest BCUT2D eigenvalue weighted by molar-refractivity contribution is 5.62. The Labute approximate surface area is 148 Å². The van der Waals surface area contributed by atoms with Crippen molar-refractivity contribution < 1.29 is 13.2 Å². The first kappa shape index (κ1) is 16.8. The van der Waals surface area contributed by atoms with Crippen molar-refractivity contribution in [2.24, 2.45) is 0 Å². The monoisotopic (exact) mass is 361 g/mol. The van der Waals surface area contributed by atoms with E-state index in [0.717, 1.165) is 44.3 Å². The van der Waals surface area contributed by atoms with Crippen LogP contribution in [0.15, 0.2) is 42.7 Å². The molecule has 0 aliphatic carbocycles. The molecule has 1 saturated heterocycles. The highest BCUT2D eigenvalue weighted by Gasteiger charge is 2.31. The maximum absolute atomic E-state index is 13.0. The lowest BCUT2D eigenvalue weighted by Crippen LogP contribution is -2.44. The van der Waals surface area contributed by atoms with E-state index in [9.17, 15) is 13.2 Å². The zero-order valence-electron chi connectivity index (χ0n) is 14.2. The lowest BCUT2D eigenvalue weighted by atomic mass is 10.2. The van der Waals surface area contributed by atoms with Gasteiger partial charge < -0.3 is 9.80 Å². The molecule has 0 spiro atoms. The number of pyridine rings is 2. The number of halogens is 3. The molecule has 0 amide bonds. The number of rotatable bonds is 2. The SMILES string of the molecule is CN1CCN(c2cccc(-c3cnc4ccc(C(F)(F)F)cn34)n2)CC1. The highest BCUT2D eigenvalue weighted by Crippen LogP contribution is 2.31. The Kier molecular flexibility index (Phi) is 4.07. The molecule has 136 valence electrons. The lowest BCUT2D eigenvalue weighted by Gasteiger charge is -2.33. The van der Waals surface area contributed by atoms with E-state index < -0.39 is 11.7 Å². The first-order valence-electron chi connectivity index (χ1n) is 8.37. The topological polar surface area (TPSA) is 36.7 Å². The van der Waals surface area contributed by atoms with E-state index in [2.05, 4.69) is 26.8 Å². The van der Waals surface area contributed by atoms with Gasteiger partial charge in [0.15, 0.2) is 0 Å². The smallest absolute Gasteiger partial charge is 0.354 e. The average molecular weight is 361 g/mol. The zero-order valence-corrected chi connectivity index (χ0v) is 14.2. The zero-order chi connectivity index (χ0) is 18.3. The minimum absolute atomic E-state index is 0.458. The summed E-state index contributed by atoms with van der Waals surface area (Å²) < 4.78 is 40.5. The van der Waals surface area contributed by atoms with Crippen LogP contribution in [0.25, 0.3) is 17.0 Å². The van der Waals surface area contributed by atoms with Crippen LogP contribution < -0.4 is 4.90 Å². The minimum Gasteiger partial charge on any atom is -0.354 e. The fourth-order valence-electron chi connectivity index (χ4n) is 3.12. The third kappa shape index (κ3) is 3.12. The van der Waals surface area contributed by atoms with Crippen LogP contribution in [0, 0.1) is 0 Å². The number of nitrogens with zero attached hydrogens (tertiary/aromatic N) is 5. The molecule has 4 rings (SSSR count). The molecule has 1 aliphatic heterocycles. The van der Waals surface area contributed by atoms with Crippen LogP contribution in [0.3, 0.4) is 0 Å². The van der Waals surface area contributed by atoms with Gasteiger partial charge in [0, 0.05) is 32.4 Å². The summed E-state index contributed by atoms with van der Waals surface area (Å²) in [7, 11) is 2.08. The molecular weight excluding hydrogens is 343 g/mol. The van der Waals surface area contributed by atoms with Gasteiger partial charge >= 0.3 is 6.18 Å². The van der Waals surface area contributed by atoms with Crippen molar-refractivity contribution in [1.29, 1.82) is 0 Å². The molecule has 0 atom stereocenters. The van der Waals surface area contributed by atoms with Gasteiger partial charge in [-0.05, 0) is 31.3 Å². The summed E-state index contributed by atoms with van der Waals surface area (Å²) in [5, 5.41) is 0. The lowest BCUT2D eigenvalue weighted by molar-refractivity contribution is -0.137. The highest BCUT2D eigenvalue weighted by atomic mass is 19.4. The number of aromatic nitrogens is 3. The molecule has 8 heteroatoms. The second-order valence-electron chi connectivity index (χ2n) is 6.46. The van der Waals surface area contributed by atoms with Crippen LogP contribution in [0.4, 0.5) is 19.0 Å². The van der Waals surface area contributed by atoms with E-state index in [1.54, 1.807) is 12.3 Å². The summed E-state index contributed by atoms with van der Waals surface area (Å²) in [6, 6.07) is 8.02. The van der Waals surface area contributed by atoms with Gasteiger partial charge in [-0.3, -0.25) is 4.40 Å². The molecule has 4 heterocycles. The van der Waals surface area contributed by atoms with Gasteiger partial charge in [-0.15, -0.1) is 0 Å². The number of hydrogen-bond donors (Lipinski definition) is 0. The van der Waals surface area contributed by atoms with Crippen molar-refractivity contribution in [2.45, 2.75) is 6.18 Å². The Morgan fingerprint density at radius 1 is 1.00 bits per heavy atom. The number of fused-ring (bicyclic) bond motifs is 1. The second kappa shape index (κ2) is 6.28. The summed E-state index contributed by atoms with van der Waals surface area (Å²) in [4.78, 5) is 13.3. The van der Waals surface area contributed by atoms with Crippen LogP contribution >= 0.6 is 0 Å². The van der Waals surface area contributed by atoms with Gasteiger partial charge in [-0.25, -0.2) is 9.97 Å². The normalized spacial score (nSPS) is 16.4. The number of piperazine rings is 1. The predicted molar refractivity (Wildman–Crippen MR) is 93.1 cm³/mol. The Bertz CT molecular complexity index is 926. The molecule has 3 aromatic heterocycles. The summed E-state index contributed by atoms with van der Waals surface area (Å²) in [6.07, 6.45) is -1.77. The summed E-state index contributed by atoms with van der Waals surface area (Å²) >= 11 is 0. The number of anilines is 1. The second-order valence-corrected chi connectivity index (χ2v) is 6.46. The molecular formula is C18H18F3N5. The van der Waals surface area contributed by atoms with Crippen LogP contribution in [0.2, 0.25) is 0 Å². The van der Waals surface area contributed by atoms with Gasteiger partial charge in [0.25, 0.3) is 0 Å². The van der Waals surface area contributed by atoms with Crippen molar-refractivity contribution >= 4 is 11.5 Å². The summed E-state index contributed by atoms with van der Waals surface area (Å²) in [5.74, 6) is 0.831. The van der Waals surface area contributed by atoms with Crippen LogP contribution in [0.5, 0.6) is 0 Å². The number of likely N-dealkylation sites (N-methyl/N-ethyl adjacent to an activating group) is 1. The number of imidazole rings is 1. The molecule has 0 bridgehead atoms. The van der Waals surface area contributed by atoms with Gasteiger partial charge in [-0.2, -0.15) is 13.2 Å². The maximum Gasteiger partial charge on any atom is 0.417 e. The van der Waals surface area contributed by atoms with E-state index in [1.807, 2.05) is 12.1 Å². The standard InChI is InChI=1S/C18H18F3N5/c1-24-7-9-25(10-8-24)17-4-2-3-14(23-17)15-11-22-16-6-5-13(12-26(15)16)18(19,20)21/h2-6,11-12H,7-10H2,1H3. The fourth-order valence-corrected chi connectivity index (χ4v) is 3.12. The Morgan fingerprint density at radius 2 is 1.77 bits per heavy atom. The van der Waals surface area contributed by atoms with Crippen molar-refractivity contribution in [2.75, 3.05) is 38.1 Å². The number of alkyl halides is 3. The largest absolute Gasteiger partial charge is 0.417 e. The quantitative estimate of drug-likeness (QED) is 0.703. The van der Waals surface area contributed by atoms with E-state index in [1.165, 1.54) is 10.5 Å². The third-order valence-corrected chi connectivity index (χ3v) is 4.66. The fraction of sp³-hybridized carbons (Fsp3) is 0.333. The number of hydrogen-bond acceptors (Lipinski definition) is 4. The molecule has 0 saturated carbocycles. The summed E-state index contributed by atoms with van der Waals surface area (Å²) in [5.41, 5.74) is 0.898. The van der Waals surface area contributed by atoms with Gasteiger partial charge in [0.05, 0.1) is 23.1 Å². The third-order valence-electron chi connectivity index (χ3n) is 4.66. The van der Waals surface area contributed by atoms with E-state index in [0.29, 0.717) is 17.0 Å². The van der Waals surface area contributed by atoms with E-state index in [4.69, 9.17) is 0 Å². The molecule has 0 radical (unpaired) electrons. The van der Waals surface area contributed by atoms with Crippen molar-refractivity contribution in [3.05, 3.63) is 48.3 Å². The first-order valence-corrected chi connectivity index (χ1v) is 8.37. The van der Waals surface area contributed by atoms with Gasteiger partial charge in [0.2, 0.25) is 0 Å². The molecule has 0 N–H and O–H groups in total. The summed E-state index contributed by atoms with van der Waals surface area (Å²) in [6.45, 7) is 3.66. The minimum atomic E-state index is -4.40. The Balaban J connectivity index is 1.72. The first-order chi connectivity index (χ1) is 12.4. The van der Waals surface area contributed by atoms with Gasteiger partial charge in [0.1, 0.15) is 11.5 Å². The molecule has 3 aromatic rings. The van der Waals surface area contributed by atoms with Gasteiger partial charge in [-0.1, -0.05) is 6.07 Å². The van der Waals surface area contributed by atoms with Crippen LogP contribution in [-0.2, 0) is 6.18 Å². The van der Waals surface area contributed by atoms with Crippen molar-refractivity contribution in [3.63, 3.8) is 0 Å². The molecule has 5 nitrogen and oxygen atoms in total. The molecule has 0 unspecified atom stereocenters. The molecule has 1 aliphatic rings. The molecule has 1 fully saturated rings. The Morgan fingerprint density at radius 3 is 2.50 bits per heavy atom. The predicted octanol–water partition coefficient (Wildman–Crippen LogP) is 3.17. The van der Waals surface area contributed by atoms with Crippen LogP contribution in [-0.4, -0.2) is 52.5 Å². The Hall–Kier alpha value is -2.61. The average Bonchev–Trinajstić information content (AvgIpc) is 3.05. The maximum atomic E-state index is 13.0. The van der Waals surface area contributed by atoms with Crippen molar-refractivity contribution in [1.82, 2.24) is 19.3 Å². The van der Waals surface area contributed by atoms with E-state index in [-0.39, 0.29) is 0 Å². The van der Waals surface area contributed by atoms with E-state index >= 15 is 0 Å². The van der Waals surface area contributed by atoms with Crippen LogP contribution in [0.1, 0.15) is 5.56 Å².